The summed E-state index contributed by atoms with van der Waals surface area (Å²) in [5.41, 5.74) is 0. The summed E-state index contributed by atoms with van der Waals surface area (Å²) in [7, 11) is 1.42. The van der Waals surface area contributed by atoms with Crippen LogP contribution in [0.2, 0.25) is 0 Å². The molecule has 0 spiro atoms. The summed E-state index contributed by atoms with van der Waals surface area (Å²) in [6.07, 6.45) is 2.80. The lowest BCUT2D eigenvalue weighted by Gasteiger charge is -2.11. The lowest BCUT2D eigenvalue weighted by atomic mass is 10.2. The van der Waals surface area contributed by atoms with Crippen LogP contribution in [0.1, 0.15) is 33.1 Å². The van der Waals surface area contributed by atoms with Crippen LogP contribution >= 0.6 is 0 Å². The van der Waals surface area contributed by atoms with Gasteiger partial charge in [0.1, 0.15) is 0 Å². The molecule has 12 heavy (non-hydrogen) atoms. The van der Waals surface area contributed by atoms with E-state index in [4.69, 9.17) is 0 Å². The first-order valence-electron chi connectivity index (χ1n) is 4.50. The van der Waals surface area contributed by atoms with E-state index >= 15 is 0 Å². The van der Waals surface area contributed by atoms with Gasteiger partial charge in [-0.05, 0) is 19.9 Å². The van der Waals surface area contributed by atoms with Gasteiger partial charge in [-0.25, -0.2) is 0 Å². The minimum atomic E-state index is -0.147. The molecule has 0 heterocycles. The standard InChI is InChI=1S/C9H19NO2/c1-4-5-6-10-8(2)7-9(11)12-3/h8,10H,4-7H2,1-3H3/t8-/m1/s1. The highest BCUT2D eigenvalue weighted by Crippen LogP contribution is 1.93. The van der Waals surface area contributed by atoms with E-state index in [2.05, 4.69) is 17.0 Å². The summed E-state index contributed by atoms with van der Waals surface area (Å²) in [4.78, 5) is 10.8. The second kappa shape index (κ2) is 7.10. The summed E-state index contributed by atoms with van der Waals surface area (Å²) in [6, 6.07) is 0.226. The Morgan fingerprint density at radius 1 is 1.58 bits per heavy atom. The monoisotopic (exact) mass is 173 g/mol. The van der Waals surface area contributed by atoms with E-state index in [1.807, 2.05) is 6.92 Å². The number of hydrogen-bond donors (Lipinski definition) is 1. The van der Waals surface area contributed by atoms with E-state index in [0.29, 0.717) is 6.42 Å². The molecule has 0 saturated carbocycles. The number of methoxy groups -OCH3 is 1. The molecule has 0 aromatic heterocycles. The second-order valence-electron chi connectivity index (χ2n) is 2.99. The van der Waals surface area contributed by atoms with Crippen molar-refractivity contribution in [3.63, 3.8) is 0 Å². The van der Waals surface area contributed by atoms with Crippen LogP contribution in [0.5, 0.6) is 0 Å². The number of hydrogen-bond acceptors (Lipinski definition) is 3. The zero-order chi connectivity index (χ0) is 9.40. The Labute approximate surface area is 74.5 Å². The molecule has 0 aliphatic rings. The number of carbonyl (C=O) groups is 1. The van der Waals surface area contributed by atoms with Gasteiger partial charge in [-0.2, -0.15) is 0 Å². The van der Waals surface area contributed by atoms with Gasteiger partial charge in [-0.3, -0.25) is 4.79 Å². The Kier molecular flexibility index (Phi) is 6.76. The normalized spacial score (nSPS) is 12.6. The van der Waals surface area contributed by atoms with Crippen molar-refractivity contribution in [3.8, 4) is 0 Å². The highest BCUT2D eigenvalue weighted by molar-refractivity contribution is 5.69. The number of esters is 1. The van der Waals surface area contributed by atoms with Gasteiger partial charge in [0.05, 0.1) is 13.5 Å². The molecule has 3 heteroatoms. The van der Waals surface area contributed by atoms with Crippen LogP contribution in [0, 0.1) is 0 Å². The third kappa shape index (κ3) is 6.16. The van der Waals surface area contributed by atoms with Crippen LogP contribution in [0.25, 0.3) is 0 Å². The molecule has 0 rings (SSSR count). The molecule has 72 valence electrons. The molecule has 0 amide bonds. The van der Waals surface area contributed by atoms with Crippen LogP contribution in [-0.2, 0) is 9.53 Å². The Hall–Kier alpha value is -0.570. The van der Waals surface area contributed by atoms with Crippen LogP contribution in [0.3, 0.4) is 0 Å². The third-order valence-corrected chi connectivity index (χ3v) is 1.72. The fraction of sp³-hybridized carbons (Fsp3) is 0.889. The van der Waals surface area contributed by atoms with Crippen LogP contribution in [0.4, 0.5) is 0 Å². The molecule has 0 aliphatic carbocycles. The fourth-order valence-corrected chi connectivity index (χ4v) is 0.931. The summed E-state index contributed by atoms with van der Waals surface area (Å²) < 4.78 is 4.55. The predicted octanol–water partition coefficient (Wildman–Crippen LogP) is 1.33. The summed E-state index contributed by atoms with van der Waals surface area (Å²) in [5, 5.41) is 3.25. The molecule has 0 radical (unpaired) electrons. The van der Waals surface area contributed by atoms with Crippen LogP contribution in [-0.4, -0.2) is 25.7 Å². The second-order valence-corrected chi connectivity index (χ2v) is 2.99. The van der Waals surface area contributed by atoms with Crippen molar-refractivity contribution in [2.75, 3.05) is 13.7 Å². The average Bonchev–Trinajstić information content (AvgIpc) is 2.05. The molecular formula is C9H19NO2. The molecular weight excluding hydrogens is 154 g/mol. The molecule has 1 N–H and O–H groups in total. The molecule has 0 aromatic rings. The van der Waals surface area contributed by atoms with Crippen molar-refractivity contribution < 1.29 is 9.53 Å². The molecule has 0 saturated heterocycles. The maximum atomic E-state index is 10.8. The van der Waals surface area contributed by atoms with E-state index in [1.165, 1.54) is 13.5 Å². The predicted molar refractivity (Wildman–Crippen MR) is 49.0 cm³/mol. The molecule has 1 atom stereocenters. The van der Waals surface area contributed by atoms with Crippen molar-refractivity contribution >= 4 is 5.97 Å². The van der Waals surface area contributed by atoms with Crippen molar-refractivity contribution in [1.82, 2.24) is 5.32 Å². The zero-order valence-corrected chi connectivity index (χ0v) is 8.22. The van der Waals surface area contributed by atoms with Gasteiger partial charge in [-0.15, -0.1) is 0 Å². The topological polar surface area (TPSA) is 38.3 Å². The van der Waals surface area contributed by atoms with Crippen molar-refractivity contribution in [1.29, 1.82) is 0 Å². The summed E-state index contributed by atoms with van der Waals surface area (Å²) in [5.74, 6) is -0.147. The Morgan fingerprint density at radius 3 is 2.75 bits per heavy atom. The van der Waals surface area contributed by atoms with E-state index < -0.39 is 0 Å². The Balaban J connectivity index is 3.32. The minimum Gasteiger partial charge on any atom is -0.469 e. The van der Waals surface area contributed by atoms with Crippen LogP contribution in [0.15, 0.2) is 0 Å². The first-order valence-corrected chi connectivity index (χ1v) is 4.50. The van der Waals surface area contributed by atoms with E-state index in [1.54, 1.807) is 0 Å². The molecule has 0 aliphatic heterocycles. The molecule has 3 nitrogen and oxygen atoms in total. The number of carbonyl (C=O) groups excluding carboxylic acids is 1. The number of rotatable bonds is 6. The largest absolute Gasteiger partial charge is 0.469 e. The lowest BCUT2D eigenvalue weighted by Crippen LogP contribution is -2.29. The Morgan fingerprint density at radius 2 is 2.25 bits per heavy atom. The Bertz CT molecular complexity index is 126. The quantitative estimate of drug-likeness (QED) is 0.486. The SMILES string of the molecule is CCCCN[C@H](C)CC(=O)OC. The lowest BCUT2D eigenvalue weighted by molar-refractivity contribution is -0.141. The van der Waals surface area contributed by atoms with Crippen molar-refractivity contribution in [2.24, 2.45) is 0 Å². The van der Waals surface area contributed by atoms with Crippen molar-refractivity contribution in [2.45, 2.75) is 39.2 Å². The fourth-order valence-electron chi connectivity index (χ4n) is 0.931. The molecule has 0 unspecified atom stereocenters. The molecule has 0 bridgehead atoms. The van der Waals surface area contributed by atoms with E-state index in [0.717, 1.165) is 13.0 Å². The van der Waals surface area contributed by atoms with Crippen molar-refractivity contribution in [3.05, 3.63) is 0 Å². The highest BCUT2D eigenvalue weighted by atomic mass is 16.5. The zero-order valence-electron chi connectivity index (χ0n) is 8.22. The number of nitrogens with one attached hydrogen (secondary N) is 1. The van der Waals surface area contributed by atoms with Crippen LogP contribution < -0.4 is 5.32 Å². The summed E-state index contributed by atoms with van der Waals surface area (Å²) >= 11 is 0. The van der Waals surface area contributed by atoms with E-state index in [-0.39, 0.29) is 12.0 Å². The van der Waals surface area contributed by atoms with Gasteiger partial charge in [0, 0.05) is 6.04 Å². The molecule has 0 fully saturated rings. The minimum absolute atomic E-state index is 0.147. The van der Waals surface area contributed by atoms with Gasteiger partial charge in [0.2, 0.25) is 0 Å². The first kappa shape index (κ1) is 11.4. The highest BCUT2D eigenvalue weighted by Gasteiger charge is 2.06. The summed E-state index contributed by atoms with van der Waals surface area (Å²) in [6.45, 7) is 5.12. The maximum absolute atomic E-state index is 10.8. The van der Waals surface area contributed by atoms with E-state index in [9.17, 15) is 4.79 Å². The smallest absolute Gasteiger partial charge is 0.307 e. The van der Waals surface area contributed by atoms with Gasteiger partial charge in [0.15, 0.2) is 0 Å². The average molecular weight is 173 g/mol. The van der Waals surface area contributed by atoms with Gasteiger partial charge in [0.25, 0.3) is 0 Å². The third-order valence-electron chi connectivity index (χ3n) is 1.72. The maximum Gasteiger partial charge on any atom is 0.307 e. The number of ether oxygens (including phenoxy) is 1. The van der Waals surface area contributed by atoms with Gasteiger partial charge < -0.3 is 10.1 Å². The first-order chi connectivity index (χ1) is 5.70. The van der Waals surface area contributed by atoms with Gasteiger partial charge in [-0.1, -0.05) is 13.3 Å². The number of unbranched alkanes of at least 4 members (excludes halogenated alkanes) is 1. The molecule has 0 aromatic carbocycles. The van der Waals surface area contributed by atoms with Gasteiger partial charge >= 0.3 is 5.97 Å².